The summed E-state index contributed by atoms with van der Waals surface area (Å²) >= 11 is 3.37. The highest BCUT2D eigenvalue weighted by atomic mass is 79.9. The van der Waals surface area contributed by atoms with Gasteiger partial charge in [-0.1, -0.05) is 15.9 Å². The molecular weight excluding hydrogens is 302 g/mol. The van der Waals surface area contributed by atoms with Gasteiger partial charge in [0, 0.05) is 11.8 Å². The summed E-state index contributed by atoms with van der Waals surface area (Å²) in [6, 6.07) is 0. The van der Waals surface area contributed by atoms with Gasteiger partial charge in [0.1, 0.15) is 11.7 Å². The topological polar surface area (TPSA) is 20.2 Å². The van der Waals surface area contributed by atoms with Crippen LogP contribution >= 0.6 is 15.9 Å². The van der Waals surface area contributed by atoms with Gasteiger partial charge in [-0.05, 0) is 50.5 Å². The second-order valence-electron chi connectivity index (χ2n) is 5.92. The Bertz CT molecular complexity index is 433. The highest BCUT2D eigenvalue weighted by molar-refractivity contribution is 9.10. The van der Waals surface area contributed by atoms with E-state index in [0.717, 1.165) is 19.3 Å². The van der Waals surface area contributed by atoms with Gasteiger partial charge >= 0.3 is 0 Å². The minimum atomic E-state index is -0.731. The molecule has 0 aromatic heterocycles. The third-order valence-corrected chi connectivity index (χ3v) is 6.27. The molecule has 4 aliphatic carbocycles. The molecule has 0 amide bonds. The number of rotatable bonds is 1. The summed E-state index contributed by atoms with van der Waals surface area (Å²) in [7, 11) is 0. The first-order chi connectivity index (χ1) is 8.48. The second kappa shape index (κ2) is 4.06. The molecule has 1 N–H and O–H groups in total. The first-order valence-electron chi connectivity index (χ1n) is 6.61. The van der Waals surface area contributed by atoms with E-state index in [-0.39, 0.29) is 5.92 Å². The maximum absolute atomic E-state index is 14.4. The maximum Gasteiger partial charge on any atom is 0.149 e. The van der Waals surface area contributed by atoms with E-state index in [9.17, 15) is 13.9 Å². The van der Waals surface area contributed by atoms with Crippen molar-refractivity contribution in [2.75, 3.05) is 0 Å². The van der Waals surface area contributed by atoms with Crippen LogP contribution < -0.4 is 0 Å². The normalized spacial score (nSPS) is 44.2. The van der Waals surface area contributed by atoms with Crippen molar-refractivity contribution in [3.8, 4) is 0 Å². The van der Waals surface area contributed by atoms with Crippen LogP contribution in [0, 0.1) is 11.3 Å². The fourth-order valence-electron chi connectivity index (χ4n) is 3.86. The molecule has 0 saturated heterocycles. The van der Waals surface area contributed by atoms with Crippen molar-refractivity contribution in [3.63, 3.8) is 0 Å². The molecule has 0 aromatic rings. The molecule has 4 aliphatic rings. The fourth-order valence-corrected chi connectivity index (χ4v) is 4.43. The standard InChI is InChI=1S/C14H17BrF2O/c15-14-7-5-13(6-8-14,11(16)12(14)17)9-1-3-10(18)4-2-9/h3,9,18H,1-2,4-8H2. The van der Waals surface area contributed by atoms with E-state index >= 15 is 0 Å². The molecule has 2 bridgehead atoms. The molecule has 4 heteroatoms. The summed E-state index contributed by atoms with van der Waals surface area (Å²) in [5, 5.41) is 9.42. The molecule has 0 radical (unpaired) electrons. The van der Waals surface area contributed by atoms with Gasteiger partial charge in [-0.2, -0.15) is 0 Å². The Morgan fingerprint density at radius 3 is 2.39 bits per heavy atom. The summed E-state index contributed by atoms with van der Waals surface area (Å²) in [6.07, 6.45) is 6.60. The van der Waals surface area contributed by atoms with E-state index in [0.29, 0.717) is 31.4 Å². The molecule has 1 unspecified atom stereocenters. The molecule has 18 heavy (non-hydrogen) atoms. The summed E-state index contributed by atoms with van der Waals surface area (Å²) in [5.74, 6) is -0.555. The maximum atomic E-state index is 14.4. The zero-order chi connectivity index (χ0) is 13.0. The number of fused-ring (bicyclic) bond motifs is 2. The van der Waals surface area contributed by atoms with E-state index in [4.69, 9.17) is 0 Å². The van der Waals surface area contributed by atoms with E-state index in [2.05, 4.69) is 15.9 Å². The molecule has 100 valence electrons. The molecule has 4 rings (SSSR count). The summed E-state index contributed by atoms with van der Waals surface area (Å²) < 4.78 is 27.8. The third kappa shape index (κ3) is 1.60. The molecule has 1 atom stereocenters. The summed E-state index contributed by atoms with van der Waals surface area (Å²) in [5.41, 5.74) is -0.600. The van der Waals surface area contributed by atoms with Crippen LogP contribution in [0.1, 0.15) is 44.9 Å². The van der Waals surface area contributed by atoms with Crippen molar-refractivity contribution in [2.24, 2.45) is 11.3 Å². The summed E-state index contributed by atoms with van der Waals surface area (Å²) in [4.78, 5) is 0. The number of aliphatic hydroxyl groups is 1. The molecular formula is C14H17BrF2O. The lowest BCUT2D eigenvalue weighted by atomic mass is 9.56. The number of alkyl halides is 1. The Balaban J connectivity index is 1.96. The SMILES string of the molecule is OC1=CCC(C23CCC(Br)(CC2)C(F)=C3F)CC1. The smallest absolute Gasteiger partial charge is 0.149 e. The number of allylic oxidation sites excluding steroid dienone is 4. The molecule has 1 fully saturated rings. The lowest BCUT2D eigenvalue weighted by Gasteiger charge is -2.52. The van der Waals surface area contributed by atoms with Crippen LogP contribution in [-0.4, -0.2) is 9.43 Å². The van der Waals surface area contributed by atoms with Crippen LogP contribution in [0.4, 0.5) is 8.78 Å². The van der Waals surface area contributed by atoms with E-state index in [1.165, 1.54) is 0 Å². The highest BCUT2D eigenvalue weighted by Crippen LogP contribution is 2.64. The molecule has 0 aromatic carbocycles. The Morgan fingerprint density at radius 2 is 1.83 bits per heavy atom. The minimum absolute atomic E-state index is 0.136. The van der Waals surface area contributed by atoms with Crippen LogP contribution in [0.2, 0.25) is 0 Å². The van der Waals surface area contributed by atoms with Gasteiger partial charge in [-0.15, -0.1) is 0 Å². The molecule has 1 saturated carbocycles. The van der Waals surface area contributed by atoms with Gasteiger partial charge in [0.15, 0.2) is 0 Å². The largest absolute Gasteiger partial charge is 0.513 e. The lowest BCUT2D eigenvalue weighted by molar-refractivity contribution is 0.0551. The van der Waals surface area contributed by atoms with Crippen molar-refractivity contribution >= 4 is 15.9 Å². The van der Waals surface area contributed by atoms with Crippen LogP contribution in [-0.2, 0) is 0 Å². The van der Waals surface area contributed by atoms with Gasteiger partial charge in [0.2, 0.25) is 0 Å². The van der Waals surface area contributed by atoms with Crippen molar-refractivity contribution in [3.05, 3.63) is 23.5 Å². The van der Waals surface area contributed by atoms with Crippen molar-refractivity contribution in [2.45, 2.75) is 49.3 Å². The quantitative estimate of drug-likeness (QED) is 0.668. The lowest BCUT2D eigenvalue weighted by Crippen LogP contribution is -2.47. The Labute approximate surface area is 114 Å². The zero-order valence-electron chi connectivity index (χ0n) is 10.2. The van der Waals surface area contributed by atoms with Crippen molar-refractivity contribution in [1.29, 1.82) is 0 Å². The first-order valence-corrected chi connectivity index (χ1v) is 7.40. The first kappa shape index (κ1) is 12.6. The monoisotopic (exact) mass is 318 g/mol. The van der Waals surface area contributed by atoms with Crippen LogP contribution in [0.15, 0.2) is 23.5 Å². The zero-order valence-corrected chi connectivity index (χ0v) is 11.8. The summed E-state index contributed by atoms with van der Waals surface area (Å²) in [6.45, 7) is 0. The molecule has 0 aliphatic heterocycles. The molecule has 0 spiro atoms. The third-order valence-electron chi connectivity index (χ3n) is 5.13. The second-order valence-corrected chi connectivity index (χ2v) is 7.43. The average molecular weight is 319 g/mol. The Kier molecular flexibility index (Phi) is 2.85. The highest BCUT2D eigenvalue weighted by Gasteiger charge is 2.57. The van der Waals surface area contributed by atoms with Gasteiger partial charge in [0.25, 0.3) is 0 Å². The van der Waals surface area contributed by atoms with Crippen LogP contribution in [0.5, 0.6) is 0 Å². The van der Waals surface area contributed by atoms with Crippen molar-refractivity contribution in [1.82, 2.24) is 0 Å². The van der Waals surface area contributed by atoms with Gasteiger partial charge in [0.05, 0.1) is 10.1 Å². The van der Waals surface area contributed by atoms with Gasteiger partial charge in [-0.25, -0.2) is 8.78 Å². The predicted octanol–water partition coefficient (Wildman–Crippen LogP) is 5.09. The fraction of sp³-hybridized carbons (Fsp3) is 0.714. The molecule has 0 heterocycles. The van der Waals surface area contributed by atoms with Crippen molar-refractivity contribution < 1.29 is 13.9 Å². The van der Waals surface area contributed by atoms with Crippen LogP contribution in [0.3, 0.4) is 0 Å². The number of hydrogen-bond acceptors (Lipinski definition) is 1. The average Bonchev–Trinajstić information content (AvgIpc) is 2.38. The Morgan fingerprint density at radius 1 is 1.17 bits per heavy atom. The number of halogens is 3. The number of hydrogen-bond donors (Lipinski definition) is 1. The Hall–Kier alpha value is -0.380. The predicted molar refractivity (Wildman–Crippen MR) is 69.9 cm³/mol. The molecule has 1 nitrogen and oxygen atoms in total. The minimum Gasteiger partial charge on any atom is -0.513 e. The van der Waals surface area contributed by atoms with Gasteiger partial charge in [-0.3, -0.25) is 0 Å². The van der Waals surface area contributed by atoms with E-state index < -0.39 is 21.4 Å². The van der Waals surface area contributed by atoms with Crippen LogP contribution in [0.25, 0.3) is 0 Å². The van der Waals surface area contributed by atoms with E-state index in [1.807, 2.05) is 0 Å². The van der Waals surface area contributed by atoms with Gasteiger partial charge < -0.3 is 5.11 Å². The van der Waals surface area contributed by atoms with E-state index in [1.54, 1.807) is 6.08 Å². The number of aliphatic hydroxyl groups excluding tert-OH is 1.